The highest BCUT2D eigenvalue weighted by molar-refractivity contribution is 6.84. The number of hydrogen-bond acceptors (Lipinski definition) is 7. The van der Waals surface area contributed by atoms with Gasteiger partial charge in [-0.25, -0.2) is 4.79 Å². The molecule has 3 rings (SSSR count). The maximum Gasteiger partial charge on any atom is 0.335 e. The number of aromatic amines is 1. The fourth-order valence-corrected chi connectivity index (χ4v) is 17.5. The van der Waals surface area contributed by atoms with E-state index in [2.05, 4.69) is 91.5 Å². The fraction of sp³-hybridized carbons (Fsp3) is 0.741. The number of ether oxygens (including phenoxy) is 1. The molecule has 39 heavy (non-hydrogen) atoms. The molecule has 0 radical (unpaired) electrons. The first-order chi connectivity index (χ1) is 18.0. The van der Waals surface area contributed by atoms with Gasteiger partial charge in [0.15, 0.2) is 11.6 Å². The molecule has 0 aliphatic carbocycles. The number of nitrogens with one attached hydrogen (secondary N) is 1. The second-order valence-electron chi connectivity index (χ2n) is 13.1. The minimum absolute atomic E-state index is 0.0355. The lowest BCUT2D eigenvalue weighted by Crippen LogP contribution is -2.66. The standard InChI is InChI=1S/C27H46N2O7Si3/c1-18(2)38(19(3)4)33-16-22-24(35-39(36-38,20(5)6)21(7)8)27(17-30,13-15-37(9,10)11)25(34-22)29-14-12-23(31)28-26(29)32/h12,14,17-22,24-25H,16H2,1-11H3,(H,28,31,32)/t22-,24-,25-,27-/m1/s1. The zero-order valence-electron chi connectivity index (χ0n) is 25.3. The van der Waals surface area contributed by atoms with E-state index >= 15 is 0 Å². The van der Waals surface area contributed by atoms with E-state index in [4.69, 9.17) is 17.7 Å². The SMILES string of the molecule is CC(C)[Si]1(C(C)C)OC[C@H]2O[C@@H](n3ccc(=O)[nH]c3=O)[C@](C#C[Si](C)(C)C)(C=O)[C@@H]2O[Si](C(C)C)(C(C)C)O1. The van der Waals surface area contributed by atoms with Crippen LogP contribution in [0.25, 0.3) is 0 Å². The van der Waals surface area contributed by atoms with Gasteiger partial charge in [-0.2, -0.15) is 0 Å². The van der Waals surface area contributed by atoms with Crippen molar-refractivity contribution < 1.29 is 22.5 Å². The summed E-state index contributed by atoms with van der Waals surface area (Å²) in [5.41, 5.74) is 0.977. The summed E-state index contributed by atoms with van der Waals surface area (Å²) < 4.78 is 29.1. The average molecular weight is 595 g/mol. The Kier molecular flexibility index (Phi) is 9.29. The first kappa shape index (κ1) is 31.9. The maximum atomic E-state index is 13.3. The molecule has 2 fully saturated rings. The van der Waals surface area contributed by atoms with Crippen LogP contribution >= 0.6 is 0 Å². The molecule has 12 heteroatoms. The largest absolute Gasteiger partial charge is 0.414 e. The Morgan fingerprint density at radius 1 is 1.03 bits per heavy atom. The van der Waals surface area contributed by atoms with Crippen LogP contribution in [0.5, 0.6) is 0 Å². The molecule has 2 saturated heterocycles. The Bertz CT molecular complexity index is 1210. The fourth-order valence-electron chi connectivity index (χ4n) is 5.71. The van der Waals surface area contributed by atoms with E-state index in [-0.39, 0.29) is 28.8 Å². The summed E-state index contributed by atoms with van der Waals surface area (Å²) in [7, 11) is -7.92. The summed E-state index contributed by atoms with van der Waals surface area (Å²) >= 11 is 0. The van der Waals surface area contributed by atoms with Crippen molar-refractivity contribution in [1.82, 2.24) is 9.55 Å². The summed E-state index contributed by atoms with van der Waals surface area (Å²) in [6.45, 7) is 23.4. The number of nitrogens with zero attached hydrogens (tertiary/aromatic N) is 1. The third-order valence-corrected chi connectivity index (χ3v) is 18.9. The minimum atomic E-state index is -3.10. The van der Waals surface area contributed by atoms with E-state index in [0.29, 0.717) is 0 Å². The predicted molar refractivity (Wildman–Crippen MR) is 159 cm³/mol. The second kappa shape index (κ2) is 11.3. The van der Waals surface area contributed by atoms with Gasteiger partial charge in [-0.15, -0.1) is 5.54 Å². The minimum Gasteiger partial charge on any atom is -0.414 e. The third-order valence-electron chi connectivity index (χ3n) is 7.80. The number of aldehydes is 1. The van der Waals surface area contributed by atoms with Crippen LogP contribution in [0.2, 0.25) is 41.8 Å². The van der Waals surface area contributed by atoms with E-state index in [1.165, 1.54) is 16.8 Å². The average Bonchev–Trinajstić information content (AvgIpc) is 3.09. The van der Waals surface area contributed by atoms with Gasteiger partial charge in [-0.1, -0.05) is 81.0 Å². The molecule has 2 aliphatic rings. The lowest BCUT2D eigenvalue weighted by molar-refractivity contribution is -0.121. The number of carbonyl (C=O) groups excluding carboxylic acids is 1. The van der Waals surface area contributed by atoms with Crippen molar-refractivity contribution in [3.63, 3.8) is 0 Å². The van der Waals surface area contributed by atoms with Crippen molar-refractivity contribution >= 4 is 31.5 Å². The number of rotatable bonds is 6. The molecule has 0 amide bonds. The van der Waals surface area contributed by atoms with E-state index in [1.54, 1.807) is 0 Å². The number of H-pyrrole nitrogens is 1. The first-order valence-electron chi connectivity index (χ1n) is 13.9. The number of aromatic nitrogens is 2. The van der Waals surface area contributed by atoms with Gasteiger partial charge in [0.2, 0.25) is 0 Å². The quantitative estimate of drug-likeness (QED) is 0.294. The highest BCUT2D eigenvalue weighted by Gasteiger charge is 2.66. The molecule has 1 aromatic rings. The summed E-state index contributed by atoms with van der Waals surface area (Å²) in [4.78, 5) is 40.4. The van der Waals surface area contributed by atoms with Gasteiger partial charge in [-0.05, 0) is 22.2 Å². The summed E-state index contributed by atoms with van der Waals surface area (Å²) in [6, 6.07) is 1.24. The Hall–Kier alpha value is -1.60. The highest BCUT2D eigenvalue weighted by atomic mass is 28.5. The predicted octanol–water partition coefficient (Wildman–Crippen LogP) is 4.46. The van der Waals surface area contributed by atoms with Crippen molar-refractivity contribution in [1.29, 1.82) is 0 Å². The molecule has 0 bridgehead atoms. The first-order valence-corrected chi connectivity index (χ1v) is 21.4. The molecule has 1 aromatic heterocycles. The third kappa shape index (κ3) is 5.77. The smallest absolute Gasteiger partial charge is 0.335 e. The van der Waals surface area contributed by atoms with Crippen LogP contribution < -0.4 is 11.2 Å². The maximum absolute atomic E-state index is 13.3. The topological polar surface area (TPSA) is 109 Å². The van der Waals surface area contributed by atoms with Crippen molar-refractivity contribution in [2.24, 2.45) is 5.41 Å². The van der Waals surface area contributed by atoms with Crippen LogP contribution in [-0.4, -0.2) is 59.8 Å². The Balaban J connectivity index is 2.34. The van der Waals surface area contributed by atoms with E-state index in [9.17, 15) is 14.4 Å². The summed E-state index contributed by atoms with van der Waals surface area (Å²) in [5.74, 6) is 3.27. The van der Waals surface area contributed by atoms with Gasteiger partial charge in [0.25, 0.3) is 5.56 Å². The molecule has 9 nitrogen and oxygen atoms in total. The zero-order chi connectivity index (χ0) is 29.6. The summed E-state index contributed by atoms with van der Waals surface area (Å²) in [6.07, 6.45) is -0.490. The summed E-state index contributed by atoms with van der Waals surface area (Å²) in [5, 5.41) is 0. The number of hydrogen-bond donors (Lipinski definition) is 1. The molecule has 0 unspecified atom stereocenters. The molecular weight excluding hydrogens is 549 g/mol. The van der Waals surface area contributed by atoms with Crippen LogP contribution in [0, 0.1) is 16.9 Å². The van der Waals surface area contributed by atoms with E-state index in [1.807, 2.05) is 0 Å². The molecule has 4 atom stereocenters. The van der Waals surface area contributed by atoms with Crippen LogP contribution in [0.1, 0.15) is 61.6 Å². The Labute approximate surface area is 235 Å². The number of carbonyl (C=O) groups is 1. The molecule has 0 spiro atoms. The van der Waals surface area contributed by atoms with Crippen molar-refractivity contribution in [3.8, 4) is 11.5 Å². The van der Waals surface area contributed by atoms with E-state index < -0.39 is 60.3 Å². The molecule has 0 saturated carbocycles. The lowest BCUT2D eigenvalue weighted by atomic mass is 9.82. The van der Waals surface area contributed by atoms with Gasteiger partial charge in [0.05, 0.1) is 6.61 Å². The highest BCUT2D eigenvalue weighted by Crippen LogP contribution is 2.52. The van der Waals surface area contributed by atoms with Crippen molar-refractivity contribution in [2.75, 3.05) is 6.61 Å². The molecular formula is C27H46N2O7Si3. The molecule has 3 heterocycles. The van der Waals surface area contributed by atoms with Crippen LogP contribution in [0.15, 0.2) is 21.9 Å². The van der Waals surface area contributed by atoms with Gasteiger partial charge in [-0.3, -0.25) is 14.3 Å². The van der Waals surface area contributed by atoms with Gasteiger partial charge < -0.3 is 22.5 Å². The van der Waals surface area contributed by atoms with Crippen LogP contribution in [0.3, 0.4) is 0 Å². The number of fused-ring (bicyclic) bond motifs is 1. The second-order valence-corrected chi connectivity index (χ2v) is 26.7. The Morgan fingerprint density at radius 3 is 2.05 bits per heavy atom. The van der Waals surface area contributed by atoms with Crippen molar-refractivity contribution in [2.45, 2.75) is 116 Å². The zero-order valence-corrected chi connectivity index (χ0v) is 28.3. The normalized spacial score (nSPS) is 28.6. The van der Waals surface area contributed by atoms with Gasteiger partial charge in [0.1, 0.15) is 26.6 Å². The molecule has 0 aromatic carbocycles. The van der Waals surface area contributed by atoms with Crippen LogP contribution in [-0.2, 0) is 22.5 Å². The molecule has 1 N–H and O–H groups in total. The van der Waals surface area contributed by atoms with Gasteiger partial charge in [0, 0.05) is 12.3 Å². The molecule has 218 valence electrons. The van der Waals surface area contributed by atoms with Gasteiger partial charge >= 0.3 is 22.8 Å². The van der Waals surface area contributed by atoms with Crippen LogP contribution in [0.4, 0.5) is 0 Å². The lowest BCUT2D eigenvalue weighted by Gasteiger charge is -2.52. The monoisotopic (exact) mass is 594 g/mol. The van der Waals surface area contributed by atoms with E-state index in [0.717, 1.165) is 6.29 Å². The Morgan fingerprint density at radius 2 is 1.59 bits per heavy atom. The van der Waals surface area contributed by atoms with Crippen molar-refractivity contribution in [3.05, 3.63) is 33.1 Å². The molecule has 2 aliphatic heterocycles.